The molecule has 0 spiro atoms. The molecule has 0 aromatic rings. The summed E-state index contributed by atoms with van der Waals surface area (Å²) in [5.74, 6) is 0.678. The Labute approximate surface area is 81.4 Å². The molecule has 13 heavy (non-hydrogen) atoms. The Morgan fingerprint density at radius 1 is 1.69 bits per heavy atom. The lowest BCUT2D eigenvalue weighted by Gasteiger charge is -2.25. The summed E-state index contributed by atoms with van der Waals surface area (Å²) in [4.78, 5) is 0. The van der Waals surface area contributed by atoms with Crippen molar-refractivity contribution in [3.8, 4) is 0 Å². The van der Waals surface area contributed by atoms with E-state index in [0.717, 1.165) is 13.0 Å². The van der Waals surface area contributed by atoms with E-state index in [-0.39, 0.29) is 0 Å². The maximum Gasteiger partial charge on any atom is 0.0757 e. The van der Waals surface area contributed by atoms with Gasteiger partial charge in [0.05, 0.1) is 6.10 Å². The normalized spacial score (nSPS) is 30.4. The summed E-state index contributed by atoms with van der Waals surface area (Å²) in [6.07, 6.45) is 2.59. The second-order valence-electron chi connectivity index (χ2n) is 4.16. The zero-order valence-electron chi connectivity index (χ0n) is 8.97. The van der Waals surface area contributed by atoms with Crippen LogP contribution in [0.25, 0.3) is 0 Å². The number of nitrogens with one attached hydrogen (secondary N) is 1. The van der Waals surface area contributed by atoms with Crippen molar-refractivity contribution in [3.63, 3.8) is 0 Å². The number of rotatable bonds is 4. The molecule has 1 N–H and O–H groups in total. The lowest BCUT2D eigenvalue weighted by Crippen LogP contribution is -2.40. The maximum atomic E-state index is 5.72. The lowest BCUT2D eigenvalue weighted by atomic mass is 9.94. The topological polar surface area (TPSA) is 21.3 Å². The van der Waals surface area contributed by atoms with E-state index in [4.69, 9.17) is 4.74 Å². The van der Waals surface area contributed by atoms with Gasteiger partial charge < -0.3 is 10.1 Å². The van der Waals surface area contributed by atoms with Crippen molar-refractivity contribution in [2.45, 2.75) is 38.8 Å². The van der Waals surface area contributed by atoms with Gasteiger partial charge in [0.2, 0.25) is 0 Å². The minimum atomic E-state index is 0.377. The van der Waals surface area contributed by atoms with Crippen molar-refractivity contribution in [1.29, 1.82) is 0 Å². The van der Waals surface area contributed by atoms with Gasteiger partial charge in [-0.2, -0.15) is 0 Å². The average molecular weight is 183 g/mol. The van der Waals surface area contributed by atoms with Crippen molar-refractivity contribution >= 4 is 0 Å². The minimum absolute atomic E-state index is 0.377. The molecule has 76 valence electrons. The fourth-order valence-corrected chi connectivity index (χ4v) is 1.99. The van der Waals surface area contributed by atoms with Crippen LogP contribution in [0.1, 0.15) is 26.7 Å². The molecule has 0 aliphatic carbocycles. The Morgan fingerprint density at radius 2 is 2.38 bits per heavy atom. The van der Waals surface area contributed by atoms with E-state index in [1.54, 1.807) is 0 Å². The van der Waals surface area contributed by atoms with Crippen molar-refractivity contribution in [2.75, 3.05) is 13.7 Å². The molecule has 1 rings (SSSR count). The molecular weight excluding hydrogens is 162 g/mol. The summed E-state index contributed by atoms with van der Waals surface area (Å²) >= 11 is 0. The summed E-state index contributed by atoms with van der Waals surface area (Å²) in [7, 11) is 2.00. The second-order valence-corrected chi connectivity index (χ2v) is 4.16. The molecule has 1 heterocycles. The van der Waals surface area contributed by atoms with Gasteiger partial charge in [0, 0.05) is 12.6 Å². The molecule has 0 aromatic carbocycles. The first-order valence-corrected chi connectivity index (χ1v) is 5.08. The van der Waals surface area contributed by atoms with Gasteiger partial charge >= 0.3 is 0 Å². The van der Waals surface area contributed by atoms with Crippen LogP contribution in [0.2, 0.25) is 0 Å². The number of ether oxygens (including phenoxy) is 1. The van der Waals surface area contributed by atoms with Crippen LogP contribution in [-0.4, -0.2) is 25.8 Å². The summed E-state index contributed by atoms with van der Waals surface area (Å²) in [5, 5.41) is 3.32. The van der Waals surface area contributed by atoms with Gasteiger partial charge in [-0.1, -0.05) is 12.5 Å². The fraction of sp³-hybridized carbons (Fsp3) is 0.818. The molecule has 2 nitrogen and oxygen atoms in total. The van der Waals surface area contributed by atoms with Crippen LogP contribution in [0.5, 0.6) is 0 Å². The Hall–Kier alpha value is -0.340. The Balaban J connectivity index is 2.49. The predicted octanol–water partition coefficient (Wildman–Crippen LogP) is 1.97. The monoisotopic (exact) mass is 183 g/mol. The third-order valence-corrected chi connectivity index (χ3v) is 2.78. The molecule has 0 aromatic heterocycles. The summed E-state index contributed by atoms with van der Waals surface area (Å²) in [5.41, 5.74) is 1.22. The Morgan fingerprint density at radius 3 is 2.77 bits per heavy atom. The molecule has 3 atom stereocenters. The van der Waals surface area contributed by atoms with Crippen LogP contribution in [0.15, 0.2) is 12.2 Å². The van der Waals surface area contributed by atoms with Crippen LogP contribution >= 0.6 is 0 Å². The van der Waals surface area contributed by atoms with Gasteiger partial charge in [-0.15, -0.1) is 6.58 Å². The zero-order valence-corrected chi connectivity index (χ0v) is 8.97. The minimum Gasteiger partial charge on any atom is -0.376 e. The van der Waals surface area contributed by atoms with Crippen LogP contribution in [-0.2, 0) is 4.74 Å². The molecule has 0 saturated carbocycles. The quantitative estimate of drug-likeness (QED) is 0.673. The number of hydrogen-bond donors (Lipinski definition) is 1. The van der Waals surface area contributed by atoms with Gasteiger partial charge in [-0.25, -0.2) is 0 Å². The van der Waals surface area contributed by atoms with Crippen LogP contribution in [0.4, 0.5) is 0 Å². The number of likely N-dealkylation sites (N-methyl/N-ethyl adjacent to an activating group) is 1. The van der Waals surface area contributed by atoms with Gasteiger partial charge in [0.25, 0.3) is 0 Å². The highest BCUT2D eigenvalue weighted by Gasteiger charge is 2.30. The predicted molar refractivity (Wildman–Crippen MR) is 55.8 cm³/mol. The van der Waals surface area contributed by atoms with E-state index in [1.165, 1.54) is 12.0 Å². The van der Waals surface area contributed by atoms with Gasteiger partial charge in [0.1, 0.15) is 0 Å². The molecular formula is C11H21NO. The highest BCUT2D eigenvalue weighted by atomic mass is 16.5. The molecule has 3 unspecified atom stereocenters. The first-order chi connectivity index (χ1) is 6.15. The molecule has 0 bridgehead atoms. The fourth-order valence-electron chi connectivity index (χ4n) is 1.99. The first kappa shape index (κ1) is 10.7. The van der Waals surface area contributed by atoms with E-state index in [1.807, 2.05) is 7.05 Å². The molecule has 1 saturated heterocycles. The van der Waals surface area contributed by atoms with E-state index < -0.39 is 0 Å². The summed E-state index contributed by atoms with van der Waals surface area (Å²) in [6, 6.07) is 0.440. The number of hydrogen-bond acceptors (Lipinski definition) is 2. The third kappa shape index (κ3) is 2.82. The third-order valence-electron chi connectivity index (χ3n) is 2.78. The highest BCUT2D eigenvalue weighted by Crippen LogP contribution is 2.25. The summed E-state index contributed by atoms with van der Waals surface area (Å²) < 4.78 is 5.72. The van der Waals surface area contributed by atoms with E-state index in [0.29, 0.717) is 18.1 Å². The Kier molecular flexibility index (Phi) is 3.94. The van der Waals surface area contributed by atoms with Crippen molar-refractivity contribution in [1.82, 2.24) is 5.32 Å². The lowest BCUT2D eigenvalue weighted by molar-refractivity contribution is 0.0634. The molecule has 1 aliphatic heterocycles. The van der Waals surface area contributed by atoms with E-state index in [9.17, 15) is 0 Å². The SMILES string of the molecule is C=C(C)CC(NC)C1OCCC1C. The molecule has 1 aliphatic rings. The molecule has 0 amide bonds. The summed E-state index contributed by atoms with van der Waals surface area (Å²) in [6.45, 7) is 9.20. The molecule has 0 radical (unpaired) electrons. The van der Waals surface area contributed by atoms with Gasteiger partial charge in [-0.3, -0.25) is 0 Å². The van der Waals surface area contributed by atoms with E-state index >= 15 is 0 Å². The van der Waals surface area contributed by atoms with Crippen LogP contribution in [0, 0.1) is 5.92 Å². The van der Waals surface area contributed by atoms with E-state index in [2.05, 4.69) is 25.7 Å². The van der Waals surface area contributed by atoms with Gasteiger partial charge in [-0.05, 0) is 32.7 Å². The van der Waals surface area contributed by atoms with Crippen LogP contribution in [0.3, 0.4) is 0 Å². The Bertz CT molecular complexity index is 179. The average Bonchev–Trinajstić information content (AvgIpc) is 2.47. The smallest absolute Gasteiger partial charge is 0.0757 e. The second kappa shape index (κ2) is 4.77. The molecule has 1 fully saturated rings. The van der Waals surface area contributed by atoms with Gasteiger partial charge in [0.15, 0.2) is 0 Å². The zero-order chi connectivity index (χ0) is 9.84. The first-order valence-electron chi connectivity index (χ1n) is 5.08. The molecule has 2 heteroatoms. The highest BCUT2D eigenvalue weighted by molar-refractivity contribution is 4.97. The van der Waals surface area contributed by atoms with Crippen molar-refractivity contribution in [3.05, 3.63) is 12.2 Å². The van der Waals surface area contributed by atoms with Crippen molar-refractivity contribution < 1.29 is 4.74 Å². The van der Waals surface area contributed by atoms with Crippen molar-refractivity contribution in [2.24, 2.45) is 5.92 Å². The maximum absolute atomic E-state index is 5.72. The largest absolute Gasteiger partial charge is 0.376 e. The standard InChI is InChI=1S/C11H21NO/c1-8(2)7-10(12-4)11-9(3)5-6-13-11/h9-12H,1,5-7H2,2-4H3. The van der Waals surface area contributed by atoms with Crippen LogP contribution < -0.4 is 5.32 Å².